The second-order valence-corrected chi connectivity index (χ2v) is 10.1. The smallest absolute Gasteiger partial charge is 0.599 e. The van der Waals surface area contributed by atoms with Crippen LogP contribution in [0.2, 0.25) is 0 Å². The van der Waals surface area contributed by atoms with E-state index in [1.165, 1.54) is 16.7 Å². The molecule has 0 unspecified atom stereocenters. The van der Waals surface area contributed by atoms with Gasteiger partial charge < -0.3 is 18.3 Å². The van der Waals surface area contributed by atoms with Crippen LogP contribution in [-0.4, -0.2) is 21.5 Å². The molecule has 3 aromatic rings. The Morgan fingerprint density at radius 2 is 1.44 bits per heavy atom. The van der Waals surface area contributed by atoms with Crippen molar-refractivity contribution in [1.82, 2.24) is 4.48 Å². The van der Waals surface area contributed by atoms with Crippen LogP contribution in [0.1, 0.15) is 36.4 Å². The Labute approximate surface area is 204 Å². The van der Waals surface area contributed by atoms with E-state index in [0.717, 1.165) is 48.8 Å². The molecule has 4 heterocycles. The van der Waals surface area contributed by atoms with Crippen molar-refractivity contribution >= 4 is 50.0 Å². The zero-order valence-electron chi connectivity index (χ0n) is 18.2. The van der Waals surface area contributed by atoms with Gasteiger partial charge in [-0.25, -0.2) is 0 Å². The Balaban J connectivity index is 1.79. The highest BCUT2D eigenvalue weighted by molar-refractivity contribution is 9.12. The van der Waals surface area contributed by atoms with Crippen LogP contribution in [0.25, 0.3) is 5.57 Å². The summed E-state index contributed by atoms with van der Waals surface area (Å²) < 4.78 is 20.2. The van der Waals surface area contributed by atoms with Gasteiger partial charge in [-0.15, -0.1) is 0 Å². The van der Waals surface area contributed by atoms with Crippen molar-refractivity contribution in [2.75, 3.05) is 0 Å². The number of hydrogen-bond acceptors (Lipinski definition) is 2. The predicted molar refractivity (Wildman–Crippen MR) is 135 cm³/mol. The molecule has 4 nitrogen and oxygen atoms in total. The van der Waals surface area contributed by atoms with Gasteiger partial charge in [-0.3, -0.25) is 0 Å². The van der Waals surface area contributed by atoms with Crippen molar-refractivity contribution in [3.63, 3.8) is 0 Å². The average molecular weight is 552 g/mol. The Bertz CT molecular complexity index is 1410. The molecule has 0 saturated heterocycles. The molecule has 32 heavy (non-hydrogen) atoms. The van der Waals surface area contributed by atoms with Gasteiger partial charge in [0, 0.05) is 28.4 Å². The minimum Gasteiger partial charge on any atom is -0.599 e. The molecule has 1 aromatic heterocycles. The van der Waals surface area contributed by atoms with Crippen molar-refractivity contribution in [1.29, 1.82) is 0 Å². The molecule has 0 saturated carbocycles. The fourth-order valence-electron chi connectivity index (χ4n) is 5.41. The first-order valence-corrected chi connectivity index (χ1v) is 12.2. The number of nitrogens with zero attached hydrogens (tertiary/aromatic N) is 2. The lowest BCUT2D eigenvalue weighted by Gasteiger charge is -2.39. The zero-order chi connectivity index (χ0) is 22.4. The van der Waals surface area contributed by atoms with E-state index in [2.05, 4.69) is 98.9 Å². The van der Waals surface area contributed by atoms with Gasteiger partial charge in [0.25, 0.3) is 0 Å². The molecule has 0 aliphatic carbocycles. The van der Waals surface area contributed by atoms with E-state index in [1.54, 1.807) is 0 Å². The minimum atomic E-state index is -2.09. The summed E-state index contributed by atoms with van der Waals surface area (Å²) in [6.07, 6.45) is 0. The van der Waals surface area contributed by atoms with E-state index < -0.39 is 6.82 Å². The molecule has 0 atom stereocenters. The van der Waals surface area contributed by atoms with E-state index in [1.807, 2.05) is 24.3 Å². The number of benzene rings is 2. The molecule has 0 fully saturated rings. The van der Waals surface area contributed by atoms with E-state index in [-0.39, 0.29) is 0 Å². The molecule has 1 spiro atoms. The lowest BCUT2D eigenvalue weighted by Crippen LogP contribution is -2.65. The normalized spacial score (nSPS) is 18.1. The second-order valence-electron chi connectivity index (χ2n) is 8.54. The summed E-state index contributed by atoms with van der Waals surface area (Å²) in [5.41, 5.74) is 9.08. The summed E-state index contributed by atoms with van der Waals surface area (Å²) in [4.78, 5) is 0. The number of para-hydroxylation sites is 2. The van der Waals surface area contributed by atoms with E-state index in [0.29, 0.717) is 0 Å². The lowest BCUT2D eigenvalue weighted by molar-refractivity contribution is -0.369. The van der Waals surface area contributed by atoms with E-state index in [9.17, 15) is 0 Å². The molecule has 3 aliphatic rings. The summed E-state index contributed by atoms with van der Waals surface area (Å²) in [6, 6.07) is 18.5. The van der Waals surface area contributed by atoms with Gasteiger partial charge in [0.2, 0.25) is 0 Å². The minimum absolute atomic E-state index is 0.760. The zero-order valence-corrected chi connectivity index (χ0v) is 21.4. The van der Waals surface area contributed by atoms with Gasteiger partial charge in [-0.1, -0.05) is 42.5 Å². The molecule has 0 N–H and O–H groups in total. The number of rotatable bonds is 1. The standard InChI is InChI=1S/C25H21BBr2N2O2/c1-14-22(27)16(3)29-24(14)21(18-10-6-5-7-11-18)25-15(2)23(28)17(4)30(25)26(29)31-19-12-8-9-13-20(19)32-26/h5-13H,1-4H3. The van der Waals surface area contributed by atoms with Gasteiger partial charge in [0.05, 0.1) is 10.1 Å². The van der Waals surface area contributed by atoms with Gasteiger partial charge in [0.15, 0.2) is 5.70 Å². The topological polar surface area (TPSA) is 26.4 Å². The molecule has 0 radical (unpaired) electrons. The number of halogens is 2. The van der Waals surface area contributed by atoms with Gasteiger partial charge in [-0.2, -0.15) is 0 Å². The fraction of sp³-hybridized carbons (Fsp3) is 0.160. The molecule has 0 bridgehead atoms. The van der Waals surface area contributed by atoms with Crippen LogP contribution in [0.5, 0.6) is 11.5 Å². The summed E-state index contributed by atoms with van der Waals surface area (Å²) in [6.45, 7) is 6.47. The van der Waals surface area contributed by atoms with Crippen LogP contribution in [0.15, 0.2) is 74.8 Å². The molecule has 2 aromatic carbocycles. The Kier molecular flexibility index (Phi) is 4.24. The summed E-state index contributed by atoms with van der Waals surface area (Å²) in [5, 5.41) is 0. The highest BCUT2D eigenvalue weighted by Gasteiger charge is 2.63. The van der Waals surface area contributed by atoms with Crippen molar-refractivity contribution in [3.05, 3.63) is 97.3 Å². The van der Waals surface area contributed by atoms with Crippen molar-refractivity contribution in [2.45, 2.75) is 27.7 Å². The third kappa shape index (κ3) is 2.36. The van der Waals surface area contributed by atoms with E-state index >= 15 is 0 Å². The highest BCUT2D eigenvalue weighted by Crippen LogP contribution is 2.51. The highest BCUT2D eigenvalue weighted by atomic mass is 79.9. The van der Waals surface area contributed by atoms with Crippen molar-refractivity contribution in [2.24, 2.45) is 0 Å². The van der Waals surface area contributed by atoms with Gasteiger partial charge in [-0.05, 0) is 75.9 Å². The molecule has 160 valence electrons. The summed E-state index contributed by atoms with van der Waals surface area (Å²) in [7, 11) is 0. The Hall–Kier alpha value is -2.51. The van der Waals surface area contributed by atoms with Crippen LogP contribution in [-0.2, 0) is 0 Å². The third-order valence-corrected chi connectivity index (χ3v) is 9.14. The van der Waals surface area contributed by atoms with Crippen LogP contribution in [0, 0.1) is 13.8 Å². The molecule has 6 rings (SSSR count). The first-order valence-electron chi connectivity index (χ1n) is 10.7. The Morgan fingerprint density at radius 1 is 0.844 bits per heavy atom. The largest absolute Gasteiger partial charge is 0.780 e. The lowest BCUT2D eigenvalue weighted by atomic mass is 9.78. The van der Waals surface area contributed by atoms with Crippen LogP contribution in [0.4, 0.5) is 0 Å². The van der Waals surface area contributed by atoms with Crippen molar-refractivity contribution in [3.8, 4) is 11.5 Å². The van der Waals surface area contributed by atoms with Crippen LogP contribution in [0.3, 0.4) is 0 Å². The maximum absolute atomic E-state index is 6.78. The first-order chi connectivity index (χ1) is 15.4. The quantitative estimate of drug-likeness (QED) is 0.321. The van der Waals surface area contributed by atoms with Crippen LogP contribution >= 0.6 is 31.9 Å². The summed E-state index contributed by atoms with van der Waals surface area (Å²) in [5.74, 6) is 1.52. The fourth-order valence-corrected chi connectivity index (χ4v) is 6.16. The molecule has 0 amide bonds. The number of fused-ring (bicyclic) bond motifs is 5. The monoisotopic (exact) mass is 550 g/mol. The number of hydrogen-bond donors (Lipinski definition) is 0. The number of allylic oxidation sites excluding steroid dienone is 2. The maximum atomic E-state index is 6.78. The van der Waals surface area contributed by atoms with Gasteiger partial charge in [0.1, 0.15) is 17.2 Å². The molecular weight excluding hydrogens is 531 g/mol. The number of aromatic nitrogens is 1. The Morgan fingerprint density at radius 3 is 2.06 bits per heavy atom. The maximum Gasteiger partial charge on any atom is 0.780 e. The van der Waals surface area contributed by atoms with E-state index in [4.69, 9.17) is 9.31 Å². The second kappa shape index (κ2) is 6.75. The first kappa shape index (κ1) is 20.1. The predicted octanol–water partition coefficient (Wildman–Crippen LogP) is 6.55. The molecular formula is C25H21BBr2N2O2. The molecule has 3 aliphatic heterocycles. The van der Waals surface area contributed by atoms with Crippen molar-refractivity contribution < 1.29 is 13.8 Å². The average Bonchev–Trinajstić information content (AvgIpc) is 3.37. The van der Waals surface area contributed by atoms with Crippen LogP contribution < -0.4 is 9.31 Å². The molecule has 7 heteroatoms. The SMILES string of the molecule is CC1=C(Br)C(C)=[N+]2C1=C(c1ccccc1)c1c(C)c(Br)c(C)n1[B-]21Oc2ccccc2O1. The third-order valence-electron chi connectivity index (χ3n) is 6.81. The summed E-state index contributed by atoms with van der Waals surface area (Å²) >= 11 is 7.71. The van der Waals surface area contributed by atoms with Gasteiger partial charge >= 0.3 is 6.82 Å².